The molecule has 2 atom stereocenters. The fourth-order valence-corrected chi connectivity index (χ4v) is 3.51. The second-order valence-corrected chi connectivity index (χ2v) is 7.94. The molecule has 27 heavy (non-hydrogen) atoms. The molecule has 9 nitrogen and oxygen atoms in total. The average Bonchev–Trinajstić information content (AvgIpc) is 3.02. The normalized spacial score (nSPS) is 13.4. The monoisotopic (exact) mass is 392 g/mol. The summed E-state index contributed by atoms with van der Waals surface area (Å²) in [7, 11) is 0. The predicted molar refractivity (Wildman–Crippen MR) is 101 cm³/mol. The molecule has 2 aromatic rings. The Morgan fingerprint density at radius 2 is 1.89 bits per heavy atom. The molecule has 144 valence electrons. The third kappa shape index (κ3) is 5.23. The van der Waals surface area contributed by atoms with Gasteiger partial charge in [-0.15, -0.1) is 0 Å². The van der Waals surface area contributed by atoms with Gasteiger partial charge in [-0.05, 0) is 22.3 Å². The lowest BCUT2D eigenvalue weighted by atomic mass is 9.72. The van der Waals surface area contributed by atoms with E-state index in [9.17, 15) is 24.8 Å². The van der Waals surface area contributed by atoms with Crippen LogP contribution in [0.15, 0.2) is 36.5 Å². The van der Waals surface area contributed by atoms with Crippen molar-refractivity contribution in [3.63, 3.8) is 0 Å². The van der Waals surface area contributed by atoms with Crippen LogP contribution in [0, 0.1) is 15.5 Å². The first-order valence-corrected chi connectivity index (χ1v) is 8.86. The fourth-order valence-electron chi connectivity index (χ4n) is 2.88. The summed E-state index contributed by atoms with van der Waals surface area (Å²) in [6.45, 7) is 5.72. The molecule has 3 N–H and O–H groups in total. The number of nitrogens with zero attached hydrogens (tertiary/aromatic N) is 2. The maximum absolute atomic E-state index is 12.8. The highest BCUT2D eigenvalue weighted by Gasteiger charge is 2.39. The number of aromatic nitrogens is 1. The molecular formula is C17H20N4O5S. The van der Waals surface area contributed by atoms with E-state index in [1.165, 1.54) is 0 Å². The predicted octanol–water partition coefficient (Wildman–Crippen LogP) is 3.46. The summed E-state index contributed by atoms with van der Waals surface area (Å²) < 4.78 is 0. The van der Waals surface area contributed by atoms with Crippen molar-refractivity contribution in [1.82, 2.24) is 10.3 Å². The van der Waals surface area contributed by atoms with E-state index < -0.39 is 34.3 Å². The van der Waals surface area contributed by atoms with Crippen molar-refractivity contribution in [1.29, 1.82) is 0 Å². The zero-order valence-electron chi connectivity index (χ0n) is 15.0. The van der Waals surface area contributed by atoms with Crippen molar-refractivity contribution in [2.75, 3.05) is 5.32 Å². The van der Waals surface area contributed by atoms with E-state index >= 15 is 0 Å². The standard InChI is InChI=1S/C17H20N4O5S/c1-17(2,3)12(10-7-5-4-6-8-10)13(19-16(23)24)14(22)20-15-18-9-11(27-15)21(25)26/h4-9,12-13,19H,1-3H3,(H,23,24)(H,18,20,22)/t12-,13?/m0/s1. The van der Waals surface area contributed by atoms with Crippen LogP contribution in [0.5, 0.6) is 0 Å². The second-order valence-electron chi connectivity index (χ2n) is 6.93. The number of amides is 2. The molecule has 2 amide bonds. The van der Waals surface area contributed by atoms with E-state index in [4.69, 9.17) is 0 Å². The van der Waals surface area contributed by atoms with Gasteiger partial charge in [-0.1, -0.05) is 51.1 Å². The van der Waals surface area contributed by atoms with Gasteiger partial charge in [0.05, 0.1) is 4.92 Å². The topological polar surface area (TPSA) is 134 Å². The van der Waals surface area contributed by atoms with Crippen LogP contribution in [0.25, 0.3) is 0 Å². The number of anilines is 1. The molecule has 1 aromatic heterocycles. The van der Waals surface area contributed by atoms with Gasteiger partial charge in [0, 0.05) is 5.92 Å². The van der Waals surface area contributed by atoms with E-state index in [2.05, 4.69) is 15.6 Å². The molecule has 0 radical (unpaired) electrons. The molecule has 10 heteroatoms. The van der Waals surface area contributed by atoms with E-state index in [1.54, 1.807) is 0 Å². The Labute approximate surface area is 159 Å². The molecule has 0 aliphatic rings. The van der Waals surface area contributed by atoms with Crippen molar-refractivity contribution >= 4 is 33.5 Å². The van der Waals surface area contributed by atoms with Crippen molar-refractivity contribution in [3.8, 4) is 0 Å². The molecule has 0 saturated carbocycles. The van der Waals surface area contributed by atoms with Gasteiger partial charge in [-0.2, -0.15) is 0 Å². The number of hydrogen-bond donors (Lipinski definition) is 3. The Morgan fingerprint density at radius 3 is 2.37 bits per heavy atom. The van der Waals surface area contributed by atoms with E-state index in [1.807, 2.05) is 51.1 Å². The maximum atomic E-state index is 12.8. The Morgan fingerprint density at radius 1 is 1.26 bits per heavy atom. The minimum atomic E-state index is -1.34. The molecule has 0 fully saturated rings. The van der Waals surface area contributed by atoms with E-state index in [-0.39, 0.29) is 10.1 Å². The van der Waals surface area contributed by atoms with Crippen LogP contribution >= 0.6 is 11.3 Å². The van der Waals surface area contributed by atoms with Crippen LogP contribution in [0.4, 0.5) is 14.9 Å². The number of carbonyl (C=O) groups is 2. The first kappa shape index (κ1) is 20.3. The van der Waals surface area contributed by atoms with Crippen LogP contribution in [-0.2, 0) is 4.79 Å². The smallest absolute Gasteiger partial charge is 0.405 e. The second kappa shape index (κ2) is 8.12. The lowest BCUT2D eigenvalue weighted by molar-refractivity contribution is -0.380. The van der Waals surface area contributed by atoms with Crippen LogP contribution in [0.1, 0.15) is 32.3 Å². The summed E-state index contributed by atoms with van der Waals surface area (Å²) in [4.78, 5) is 38.1. The van der Waals surface area contributed by atoms with Crippen LogP contribution in [-0.4, -0.2) is 33.1 Å². The minimum absolute atomic E-state index is 0.0320. The Bertz CT molecular complexity index is 831. The van der Waals surface area contributed by atoms with Crippen LogP contribution in [0.2, 0.25) is 0 Å². The molecule has 2 rings (SSSR count). The van der Waals surface area contributed by atoms with Gasteiger partial charge in [-0.3, -0.25) is 20.2 Å². The van der Waals surface area contributed by atoms with Gasteiger partial charge in [0.25, 0.3) is 0 Å². The summed E-state index contributed by atoms with van der Waals surface area (Å²) in [5.74, 6) is -1.12. The summed E-state index contributed by atoms with van der Waals surface area (Å²) in [5, 5.41) is 24.6. The molecule has 0 aliphatic carbocycles. The highest BCUT2D eigenvalue weighted by atomic mass is 32.1. The average molecular weight is 392 g/mol. The number of carboxylic acid groups (broad SMARTS) is 1. The van der Waals surface area contributed by atoms with Gasteiger partial charge >= 0.3 is 11.1 Å². The van der Waals surface area contributed by atoms with Gasteiger partial charge in [-0.25, -0.2) is 9.78 Å². The van der Waals surface area contributed by atoms with E-state index in [0.717, 1.165) is 11.8 Å². The Kier molecular flexibility index (Phi) is 6.11. The maximum Gasteiger partial charge on any atom is 0.405 e. The van der Waals surface area contributed by atoms with Gasteiger partial charge < -0.3 is 10.4 Å². The largest absolute Gasteiger partial charge is 0.465 e. The molecule has 0 spiro atoms. The zero-order chi connectivity index (χ0) is 20.2. The number of carbonyl (C=O) groups excluding carboxylic acids is 1. The molecule has 1 heterocycles. The van der Waals surface area contributed by atoms with Crippen LogP contribution in [0.3, 0.4) is 0 Å². The quantitative estimate of drug-likeness (QED) is 0.509. The number of hydrogen-bond acceptors (Lipinski definition) is 6. The zero-order valence-corrected chi connectivity index (χ0v) is 15.8. The fraction of sp³-hybridized carbons (Fsp3) is 0.353. The molecule has 0 aliphatic heterocycles. The van der Waals surface area contributed by atoms with E-state index in [0.29, 0.717) is 11.3 Å². The van der Waals surface area contributed by atoms with Gasteiger partial charge in [0.1, 0.15) is 12.2 Å². The Balaban J connectivity index is 2.37. The number of rotatable bonds is 6. The summed E-state index contributed by atoms with van der Waals surface area (Å²) >= 11 is 0.703. The molecule has 1 unspecified atom stereocenters. The lowest BCUT2D eigenvalue weighted by Gasteiger charge is -2.36. The van der Waals surface area contributed by atoms with Crippen molar-refractivity contribution < 1.29 is 19.6 Å². The Hall–Kier alpha value is -3.01. The van der Waals surface area contributed by atoms with Crippen molar-refractivity contribution in [2.24, 2.45) is 5.41 Å². The third-order valence-electron chi connectivity index (χ3n) is 3.89. The highest BCUT2D eigenvalue weighted by molar-refractivity contribution is 7.18. The van der Waals surface area contributed by atoms with Crippen LogP contribution < -0.4 is 10.6 Å². The summed E-state index contributed by atoms with van der Waals surface area (Å²) in [6, 6.07) is 7.99. The first-order chi connectivity index (χ1) is 12.6. The first-order valence-electron chi connectivity index (χ1n) is 8.05. The highest BCUT2D eigenvalue weighted by Crippen LogP contribution is 2.38. The summed E-state index contributed by atoms with van der Waals surface area (Å²) in [5.41, 5.74) is 0.338. The lowest BCUT2D eigenvalue weighted by Crippen LogP contribution is -2.50. The molecule has 0 bridgehead atoms. The molecule has 1 aromatic carbocycles. The van der Waals surface area contributed by atoms with Gasteiger partial charge in [0.2, 0.25) is 5.91 Å². The number of benzene rings is 1. The SMILES string of the molecule is CC(C)(C)[C@@H](c1ccccc1)C(NC(=O)O)C(=O)Nc1ncc([N+](=O)[O-])s1. The molecular weight excluding hydrogens is 372 g/mol. The molecule has 0 saturated heterocycles. The van der Waals surface area contributed by atoms with Gasteiger partial charge in [0.15, 0.2) is 5.13 Å². The van der Waals surface area contributed by atoms with Crippen molar-refractivity contribution in [3.05, 3.63) is 52.2 Å². The number of nitro groups is 1. The minimum Gasteiger partial charge on any atom is -0.465 e. The number of thiazole rings is 1. The number of nitrogens with one attached hydrogen (secondary N) is 2. The summed E-state index contributed by atoms with van der Waals surface area (Å²) in [6.07, 6.45) is -0.302. The third-order valence-corrected chi connectivity index (χ3v) is 4.75. The van der Waals surface area contributed by atoms with Crippen molar-refractivity contribution in [2.45, 2.75) is 32.7 Å².